The van der Waals surface area contributed by atoms with Crippen LogP contribution in [0.4, 0.5) is 0 Å². The van der Waals surface area contributed by atoms with Crippen molar-refractivity contribution in [3.05, 3.63) is 95.6 Å². The second-order valence-electron chi connectivity index (χ2n) is 10.3. The molecule has 246 valence electrons. The third kappa shape index (κ3) is 11.4. The Balaban J connectivity index is 1.53. The molecule has 0 aliphatic heterocycles. The molecule has 3 aromatic rings. The number of ether oxygens (including phenoxy) is 6. The van der Waals surface area contributed by atoms with Crippen molar-refractivity contribution in [1.29, 1.82) is 0 Å². The third-order valence-electron chi connectivity index (χ3n) is 7.19. The summed E-state index contributed by atoms with van der Waals surface area (Å²) in [4.78, 5) is 12.6. The molecule has 1 atom stereocenters. The van der Waals surface area contributed by atoms with Crippen LogP contribution >= 0.6 is 0 Å². The molecule has 10 heteroatoms. The maximum atomic E-state index is 12.6. The van der Waals surface area contributed by atoms with Gasteiger partial charge in [-0.15, -0.1) is 0 Å². The lowest BCUT2D eigenvalue weighted by Gasteiger charge is -2.36. The first-order valence-electron chi connectivity index (χ1n) is 15.4. The molecule has 0 unspecified atom stereocenters. The summed E-state index contributed by atoms with van der Waals surface area (Å²) in [6.45, 7) is 4.22. The predicted molar refractivity (Wildman–Crippen MR) is 173 cm³/mol. The molecule has 0 aliphatic carbocycles. The minimum absolute atomic E-state index is 0.108. The number of benzene rings is 3. The van der Waals surface area contributed by atoms with Gasteiger partial charge < -0.3 is 44.6 Å². The number of aliphatic hydroxyl groups is 1. The van der Waals surface area contributed by atoms with Crippen LogP contribution in [0, 0.1) is 0 Å². The number of carbonyl (C=O) groups excluding carboxylic acids is 1. The van der Waals surface area contributed by atoms with Crippen molar-refractivity contribution in [2.75, 3.05) is 73.6 Å². The molecular formula is C35H48N2O8. The number of hydrogen-bond donors (Lipinski definition) is 3. The van der Waals surface area contributed by atoms with Gasteiger partial charge in [-0.05, 0) is 60.3 Å². The average molecular weight is 625 g/mol. The molecule has 0 spiro atoms. The first-order valence-corrected chi connectivity index (χ1v) is 15.4. The van der Waals surface area contributed by atoms with E-state index in [1.165, 1.54) is 0 Å². The second kappa shape index (κ2) is 20.5. The van der Waals surface area contributed by atoms with Crippen molar-refractivity contribution >= 4 is 5.91 Å². The zero-order valence-corrected chi connectivity index (χ0v) is 26.5. The van der Waals surface area contributed by atoms with Crippen LogP contribution < -0.4 is 20.5 Å². The summed E-state index contributed by atoms with van der Waals surface area (Å²) in [6.07, 6.45) is 0.334. The van der Waals surface area contributed by atoms with E-state index in [2.05, 4.69) is 5.32 Å². The lowest BCUT2D eigenvalue weighted by Crippen LogP contribution is -2.38. The second-order valence-corrected chi connectivity index (χ2v) is 10.3. The monoisotopic (exact) mass is 624 g/mol. The Morgan fingerprint density at radius 3 is 1.71 bits per heavy atom. The normalized spacial score (nSPS) is 12.1. The van der Waals surface area contributed by atoms with Gasteiger partial charge in [0.15, 0.2) is 0 Å². The Hall–Kier alpha value is -3.51. The highest BCUT2D eigenvalue weighted by atomic mass is 16.5. The topological polar surface area (TPSA) is 131 Å². The molecule has 0 heterocycles. The van der Waals surface area contributed by atoms with Gasteiger partial charge >= 0.3 is 0 Å². The number of rotatable bonds is 23. The fraction of sp³-hybridized carbons (Fsp3) is 0.457. The maximum absolute atomic E-state index is 12.6. The predicted octanol–water partition coefficient (Wildman–Crippen LogP) is 3.67. The maximum Gasteiger partial charge on any atom is 0.248 e. The van der Waals surface area contributed by atoms with Crippen LogP contribution in [0.5, 0.6) is 11.5 Å². The summed E-state index contributed by atoms with van der Waals surface area (Å²) in [5.41, 5.74) is 7.05. The summed E-state index contributed by atoms with van der Waals surface area (Å²) in [7, 11) is 3.25. The molecule has 4 N–H and O–H groups in total. The van der Waals surface area contributed by atoms with E-state index in [1.54, 1.807) is 14.2 Å². The van der Waals surface area contributed by atoms with Crippen LogP contribution in [0.15, 0.2) is 78.9 Å². The van der Waals surface area contributed by atoms with E-state index in [1.807, 2.05) is 78.9 Å². The molecule has 1 amide bonds. The fourth-order valence-electron chi connectivity index (χ4n) is 4.76. The molecule has 0 bridgehead atoms. The van der Waals surface area contributed by atoms with Gasteiger partial charge in [0.25, 0.3) is 0 Å². The Labute approximate surface area is 266 Å². The van der Waals surface area contributed by atoms with Crippen LogP contribution in [0.2, 0.25) is 0 Å². The first kappa shape index (κ1) is 36.0. The van der Waals surface area contributed by atoms with Crippen molar-refractivity contribution in [2.24, 2.45) is 5.73 Å². The van der Waals surface area contributed by atoms with Crippen molar-refractivity contribution in [2.45, 2.75) is 31.0 Å². The number of nitrogens with one attached hydrogen (secondary N) is 1. The van der Waals surface area contributed by atoms with E-state index in [0.29, 0.717) is 59.2 Å². The Bertz CT molecular complexity index is 1160. The Morgan fingerprint density at radius 2 is 1.20 bits per heavy atom. The van der Waals surface area contributed by atoms with Crippen LogP contribution in [-0.2, 0) is 29.3 Å². The average Bonchev–Trinajstić information content (AvgIpc) is 3.09. The number of carbonyl (C=O) groups is 1. The molecule has 0 fully saturated rings. The third-order valence-corrected chi connectivity index (χ3v) is 7.19. The van der Waals surface area contributed by atoms with E-state index in [9.17, 15) is 9.90 Å². The van der Waals surface area contributed by atoms with Crippen LogP contribution in [0.25, 0.3) is 0 Å². The Morgan fingerprint density at radius 1 is 0.711 bits per heavy atom. The van der Waals surface area contributed by atoms with Gasteiger partial charge in [0.2, 0.25) is 5.91 Å². The standard InChI is InChI=1S/C35H48N2O8/c1-40-31-14-10-29(11-15-31)35(28-8-4-3-5-9-28,30-12-16-32(41-2)17-13-30)45-23-18-33(38)34(39)37-20-7-22-43-25-27-44-26-24-42-21-6-19-36/h3-5,8-17,33,38H,6-7,18-27,36H2,1-2H3,(H,37,39)/t33-/m1/s1. The lowest BCUT2D eigenvalue weighted by atomic mass is 9.80. The van der Waals surface area contributed by atoms with E-state index in [-0.39, 0.29) is 13.0 Å². The number of hydrogen-bond acceptors (Lipinski definition) is 9. The van der Waals surface area contributed by atoms with E-state index >= 15 is 0 Å². The van der Waals surface area contributed by atoms with Crippen LogP contribution in [0.1, 0.15) is 36.0 Å². The molecule has 0 saturated carbocycles. The molecule has 3 aromatic carbocycles. The van der Waals surface area contributed by atoms with Gasteiger partial charge in [-0.1, -0.05) is 54.6 Å². The van der Waals surface area contributed by atoms with Gasteiger partial charge in [-0.25, -0.2) is 0 Å². The zero-order chi connectivity index (χ0) is 32.2. The molecular weight excluding hydrogens is 576 g/mol. The quantitative estimate of drug-likeness (QED) is 0.107. The Kier molecular flexibility index (Phi) is 16.4. The number of aliphatic hydroxyl groups excluding tert-OH is 1. The highest BCUT2D eigenvalue weighted by Gasteiger charge is 2.38. The van der Waals surface area contributed by atoms with Crippen molar-refractivity contribution in [3.8, 4) is 11.5 Å². The summed E-state index contributed by atoms with van der Waals surface area (Å²) >= 11 is 0. The van der Waals surface area contributed by atoms with Crippen molar-refractivity contribution in [1.82, 2.24) is 5.32 Å². The fourth-order valence-corrected chi connectivity index (χ4v) is 4.76. The summed E-state index contributed by atoms with van der Waals surface area (Å²) in [5, 5.41) is 13.4. The van der Waals surface area contributed by atoms with Crippen LogP contribution in [0.3, 0.4) is 0 Å². The first-order chi connectivity index (χ1) is 22.0. The van der Waals surface area contributed by atoms with Crippen molar-refractivity contribution in [3.63, 3.8) is 0 Å². The highest BCUT2D eigenvalue weighted by Crippen LogP contribution is 2.41. The number of nitrogens with two attached hydrogens (primary N) is 1. The van der Waals surface area contributed by atoms with Gasteiger partial charge in [0, 0.05) is 26.2 Å². The zero-order valence-electron chi connectivity index (χ0n) is 26.5. The van der Waals surface area contributed by atoms with Crippen molar-refractivity contribution < 1.29 is 38.3 Å². The van der Waals surface area contributed by atoms with Gasteiger partial charge in [0.1, 0.15) is 23.2 Å². The molecule has 0 aromatic heterocycles. The SMILES string of the molecule is COc1ccc(C(OCC[C@@H](O)C(=O)NCCCOCCOCCOCCCN)(c2ccccc2)c2ccc(OC)cc2)cc1. The minimum atomic E-state index is -1.23. The molecule has 10 nitrogen and oxygen atoms in total. The van der Waals surface area contributed by atoms with Gasteiger partial charge in [-0.3, -0.25) is 4.79 Å². The van der Waals surface area contributed by atoms with E-state index in [4.69, 9.17) is 34.2 Å². The number of amides is 1. The molecule has 0 aliphatic rings. The van der Waals surface area contributed by atoms with Crippen LogP contribution in [-0.4, -0.2) is 90.7 Å². The summed E-state index contributed by atoms with van der Waals surface area (Å²) < 4.78 is 33.9. The summed E-state index contributed by atoms with van der Waals surface area (Å²) in [5.74, 6) is 0.998. The largest absolute Gasteiger partial charge is 0.497 e. The smallest absolute Gasteiger partial charge is 0.248 e. The molecule has 45 heavy (non-hydrogen) atoms. The van der Waals surface area contributed by atoms with Gasteiger partial charge in [0.05, 0.1) is 47.3 Å². The minimum Gasteiger partial charge on any atom is -0.497 e. The van der Waals surface area contributed by atoms with Gasteiger partial charge in [-0.2, -0.15) is 0 Å². The highest BCUT2D eigenvalue weighted by molar-refractivity contribution is 5.80. The molecule has 0 radical (unpaired) electrons. The molecule has 3 rings (SSSR count). The van der Waals surface area contributed by atoms with E-state index < -0.39 is 17.6 Å². The molecule has 0 saturated heterocycles. The number of methoxy groups -OCH3 is 2. The lowest BCUT2D eigenvalue weighted by molar-refractivity contribution is -0.130. The van der Waals surface area contributed by atoms with E-state index in [0.717, 1.165) is 34.6 Å². The summed E-state index contributed by atoms with van der Waals surface area (Å²) in [6, 6.07) is 25.3.